The van der Waals surface area contributed by atoms with Crippen molar-refractivity contribution in [3.8, 4) is 6.07 Å². The second-order valence-electron chi connectivity index (χ2n) is 7.64. The fourth-order valence-electron chi connectivity index (χ4n) is 4.60. The van der Waals surface area contributed by atoms with Crippen molar-refractivity contribution >= 4 is 23.3 Å². The number of fused-ring (bicyclic) bond motifs is 3. The van der Waals surface area contributed by atoms with Crippen LogP contribution in [0.25, 0.3) is 0 Å². The summed E-state index contributed by atoms with van der Waals surface area (Å²) < 4.78 is 35.2. The van der Waals surface area contributed by atoms with Crippen LogP contribution in [0.3, 0.4) is 0 Å². The lowest BCUT2D eigenvalue weighted by molar-refractivity contribution is -0.151. The van der Waals surface area contributed by atoms with Gasteiger partial charge in [0.15, 0.2) is 11.6 Å². The molecule has 2 heterocycles. The molecule has 2 aliphatic heterocycles. The predicted molar refractivity (Wildman–Crippen MR) is 97.9 cm³/mol. The summed E-state index contributed by atoms with van der Waals surface area (Å²) in [5, 5.41) is 11.3. The maximum Gasteiger partial charge on any atom is 0.242 e. The third kappa shape index (κ3) is 3.08. The number of imide groups is 1. The third-order valence-electron chi connectivity index (χ3n) is 5.65. The van der Waals surface area contributed by atoms with Gasteiger partial charge in [-0.05, 0) is 38.8 Å². The minimum atomic E-state index is -1.77. The predicted octanol–water partition coefficient (Wildman–Crippen LogP) is 1.61. The number of rotatable bonds is 2. The van der Waals surface area contributed by atoms with Crippen LogP contribution in [-0.2, 0) is 25.5 Å². The number of ketones is 1. The van der Waals surface area contributed by atoms with E-state index in [1.807, 2.05) is 0 Å². The quantitative estimate of drug-likeness (QED) is 0.751. The monoisotopic (exact) mass is 405 g/mol. The van der Waals surface area contributed by atoms with Gasteiger partial charge in [-0.15, -0.1) is 0 Å². The number of carbonyl (C=O) groups excluding carboxylic acids is 3. The number of halogens is 2. The molecule has 0 aromatic heterocycles. The van der Waals surface area contributed by atoms with Crippen LogP contribution in [0.5, 0.6) is 0 Å². The van der Waals surface area contributed by atoms with E-state index in [0.29, 0.717) is 0 Å². The van der Waals surface area contributed by atoms with Crippen molar-refractivity contribution in [3.63, 3.8) is 0 Å². The Labute approximate surface area is 166 Å². The Morgan fingerprint density at radius 3 is 2.48 bits per heavy atom. The van der Waals surface area contributed by atoms with Crippen molar-refractivity contribution < 1.29 is 27.9 Å². The van der Waals surface area contributed by atoms with Crippen LogP contribution in [0.15, 0.2) is 6.07 Å². The van der Waals surface area contributed by atoms with Crippen molar-refractivity contribution in [1.29, 1.82) is 5.26 Å². The molecular formula is C20H21F2N3O4. The number of carbonyl (C=O) groups is 3. The van der Waals surface area contributed by atoms with Crippen LogP contribution in [0.2, 0.25) is 0 Å². The van der Waals surface area contributed by atoms with Gasteiger partial charge in [0.05, 0.1) is 29.5 Å². The van der Waals surface area contributed by atoms with Crippen LogP contribution in [0, 0.1) is 28.4 Å². The molecule has 2 amide bonds. The summed E-state index contributed by atoms with van der Waals surface area (Å²) in [6.45, 7) is 5.86. The number of anilines is 1. The number of amides is 2. The molecule has 0 spiro atoms. The highest BCUT2D eigenvalue weighted by atomic mass is 19.2. The number of ether oxygens (including phenoxy) is 1. The Morgan fingerprint density at radius 1 is 1.28 bits per heavy atom. The van der Waals surface area contributed by atoms with E-state index in [-0.39, 0.29) is 30.3 Å². The molecule has 1 aromatic rings. The molecule has 0 saturated carbocycles. The first-order valence-electron chi connectivity index (χ1n) is 9.20. The number of nitriles is 1. The standard InChI is InChI=1S/C20H21F2N3O4/c1-9-8-25-17-13(5-14(7-23)15(21)16(17)22)6-20(11(3)26,18(25)10(2)29-9)19(28)24-12(4)27/h5,9-10,18H,6,8H2,1-4H3,(H,24,27,28)/t9-,10+,18-,20+/m1/s1. The molecule has 0 bridgehead atoms. The minimum absolute atomic E-state index is 0.0824. The van der Waals surface area contributed by atoms with Crippen LogP contribution < -0.4 is 10.2 Å². The molecule has 154 valence electrons. The van der Waals surface area contributed by atoms with E-state index in [1.54, 1.807) is 19.9 Å². The zero-order chi connectivity index (χ0) is 21.7. The second kappa shape index (κ2) is 7.19. The minimum Gasteiger partial charge on any atom is -0.372 e. The molecule has 1 N–H and O–H groups in total. The first-order valence-corrected chi connectivity index (χ1v) is 9.20. The molecule has 4 atom stereocenters. The van der Waals surface area contributed by atoms with Crippen LogP contribution in [0.4, 0.5) is 14.5 Å². The van der Waals surface area contributed by atoms with Crippen molar-refractivity contribution in [2.45, 2.75) is 52.4 Å². The summed E-state index contributed by atoms with van der Waals surface area (Å²) in [5.41, 5.74) is -2.21. The van der Waals surface area contributed by atoms with Gasteiger partial charge in [-0.2, -0.15) is 5.26 Å². The largest absolute Gasteiger partial charge is 0.372 e. The highest BCUT2D eigenvalue weighted by molar-refractivity contribution is 6.11. The number of nitrogens with zero attached hydrogens (tertiary/aromatic N) is 2. The molecule has 0 unspecified atom stereocenters. The van der Waals surface area contributed by atoms with E-state index in [4.69, 9.17) is 10.00 Å². The summed E-state index contributed by atoms with van der Waals surface area (Å²) in [6.07, 6.45) is -1.36. The highest BCUT2D eigenvalue weighted by Crippen LogP contribution is 2.48. The number of hydrogen-bond donors (Lipinski definition) is 1. The van der Waals surface area contributed by atoms with Gasteiger partial charge in [0, 0.05) is 13.5 Å². The van der Waals surface area contributed by atoms with Crippen LogP contribution in [-0.4, -0.2) is 42.4 Å². The molecule has 1 saturated heterocycles. The summed E-state index contributed by atoms with van der Waals surface area (Å²) in [4.78, 5) is 39.0. The maximum atomic E-state index is 15.0. The zero-order valence-electron chi connectivity index (χ0n) is 16.5. The summed E-state index contributed by atoms with van der Waals surface area (Å²) in [5.74, 6) is -4.49. The average Bonchev–Trinajstić information content (AvgIpc) is 2.62. The molecule has 29 heavy (non-hydrogen) atoms. The van der Waals surface area contributed by atoms with Crippen molar-refractivity contribution in [2.24, 2.45) is 5.41 Å². The van der Waals surface area contributed by atoms with E-state index >= 15 is 0 Å². The third-order valence-corrected chi connectivity index (χ3v) is 5.65. The van der Waals surface area contributed by atoms with Gasteiger partial charge in [0.1, 0.15) is 17.3 Å². The normalized spacial score (nSPS) is 28.0. The lowest BCUT2D eigenvalue weighted by Gasteiger charge is -2.54. The van der Waals surface area contributed by atoms with E-state index in [1.165, 1.54) is 11.8 Å². The van der Waals surface area contributed by atoms with Crippen LogP contribution >= 0.6 is 0 Å². The summed E-state index contributed by atoms with van der Waals surface area (Å²) in [7, 11) is 0. The van der Waals surface area contributed by atoms with Gasteiger partial charge in [-0.1, -0.05) is 0 Å². The lowest BCUT2D eigenvalue weighted by atomic mass is 9.65. The Hall–Kier alpha value is -2.86. The topological polar surface area (TPSA) is 99.5 Å². The summed E-state index contributed by atoms with van der Waals surface area (Å²) in [6, 6.07) is 1.80. The Bertz CT molecular complexity index is 958. The molecule has 1 fully saturated rings. The smallest absolute Gasteiger partial charge is 0.242 e. The molecule has 3 rings (SSSR count). The number of nitrogens with one attached hydrogen (secondary N) is 1. The van der Waals surface area contributed by atoms with Gasteiger partial charge in [-0.25, -0.2) is 8.78 Å². The SMILES string of the molecule is CC(=O)NC(=O)[C@]1(C(C)=O)Cc2cc(C#N)c(F)c(F)c2N2C[C@@H](C)O[C@@H](C)[C@@H]21. The maximum absolute atomic E-state index is 15.0. The van der Waals surface area contributed by atoms with Crippen molar-refractivity contribution in [3.05, 3.63) is 28.8 Å². The molecule has 7 nitrogen and oxygen atoms in total. The van der Waals surface area contributed by atoms with Gasteiger partial charge >= 0.3 is 0 Å². The van der Waals surface area contributed by atoms with Gasteiger partial charge in [0.25, 0.3) is 0 Å². The highest BCUT2D eigenvalue weighted by Gasteiger charge is 2.60. The fourth-order valence-corrected chi connectivity index (χ4v) is 4.60. The molecule has 0 radical (unpaired) electrons. The van der Waals surface area contributed by atoms with Crippen LogP contribution in [0.1, 0.15) is 38.8 Å². The van der Waals surface area contributed by atoms with Gasteiger partial charge in [-0.3, -0.25) is 19.7 Å². The van der Waals surface area contributed by atoms with Crippen molar-refractivity contribution in [1.82, 2.24) is 5.32 Å². The Morgan fingerprint density at radius 2 is 1.93 bits per heavy atom. The van der Waals surface area contributed by atoms with Crippen molar-refractivity contribution in [2.75, 3.05) is 11.4 Å². The first-order chi connectivity index (χ1) is 13.5. The number of Topliss-reactive ketones (excluding diaryl/α,β-unsaturated/α-hetero) is 1. The number of morpholine rings is 1. The first kappa shape index (κ1) is 20.9. The molecule has 0 aliphatic carbocycles. The van der Waals surface area contributed by atoms with Gasteiger partial charge in [0.2, 0.25) is 11.8 Å². The number of hydrogen-bond acceptors (Lipinski definition) is 6. The molecule has 1 aromatic carbocycles. The molecule has 2 aliphatic rings. The molecular weight excluding hydrogens is 384 g/mol. The Kier molecular flexibility index (Phi) is 5.17. The lowest BCUT2D eigenvalue weighted by Crippen LogP contribution is -2.70. The molecule has 9 heteroatoms. The Balaban J connectivity index is 2.32. The summed E-state index contributed by atoms with van der Waals surface area (Å²) >= 11 is 0. The number of benzene rings is 1. The fraction of sp³-hybridized carbons (Fsp3) is 0.500. The van der Waals surface area contributed by atoms with Gasteiger partial charge < -0.3 is 9.64 Å². The van der Waals surface area contributed by atoms with E-state index in [2.05, 4.69) is 5.32 Å². The second-order valence-corrected chi connectivity index (χ2v) is 7.64. The van der Waals surface area contributed by atoms with E-state index in [9.17, 15) is 23.2 Å². The zero-order valence-corrected chi connectivity index (χ0v) is 16.5. The van der Waals surface area contributed by atoms with E-state index < -0.39 is 52.4 Å². The van der Waals surface area contributed by atoms with E-state index in [0.717, 1.165) is 13.0 Å². The average molecular weight is 405 g/mol.